The summed E-state index contributed by atoms with van der Waals surface area (Å²) in [5.41, 5.74) is 2.27. The third kappa shape index (κ3) is 3.13. The van der Waals surface area contributed by atoms with Crippen LogP contribution in [0.1, 0.15) is 10.5 Å². The highest BCUT2D eigenvalue weighted by molar-refractivity contribution is 7.89. The minimum atomic E-state index is -4.01. The van der Waals surface area contributed by atoms with Gasteiger partial charge < -0.3 is 4.98 Å². The molecule has 3 N–H and O–H groups in total. The normalized spacial score (nSPS) is 11.3. The van der Waals surface area contributed by atoms with Gasteiger partial charge in [0.25, 0.3) is 15.9 Å². The molecule has 0 saturated carbocycles. The lowest BCUT2D eigenvalue weighted by atomic mass is 10.4. The van der Waals surface area contributed by atoms with E-state index in [1.54, 1.807) is 6.07 Å². The molecule has 0 aliphatic heterocycles. The van der Waals surface area contributed by atoms with Crippen LogP contribution in [0.2, 0.25) is 10.0 Å². The van der Waals surface area contributed by atoms with Crippen molar-refractivity contribution in [3.05, 3.63) is 52.3 Å². The van der Waals surface area contributed by atoms with Crippen molar-refractivity contribution < 1.29 is 13.2 Å². The van der Waals surface area contributed by atoms with Crippen molar-refractivity contribution in [3.8, 4) is 0 Å². The smallest absolute Gasteiger partial charge is 0.282 e. The highest BCUT2D eigenvalue weighted by Gasteiger charge is 2.20. The Kier molecular flexibility index (Phi) is 4.34. The number of amides is 1. The Labute approximate surface area is 125 Å². The molecule has 2 aromatic rings. The second-order valence-electron chi connectivity index (χ2n) is 3.70. The first-order valence-corrected chi connectivity index (χ1v) is 7.55. The lowest BCUT2D eigenvalue weighted by Crippen LogP contribution is -2.41. The number of aromatic nitrogens is 1. The summed E-state index contributed by atoms with van der Waals surface area (Å²) in [5.74, 6) is -0.628. The summed E-state index contributed by atoms with van der Waals surface area (Å²) in [5, 5.41) is -0.0129. The largest absolute Gasteiger partial charge is 0.357 e. The first-order chi connectivity index (χ1) is 9.42. The number of rotatable bonds is 4. The molecular weight excluding hydrogens is 325 g/mol. The standard InChI is InChI=1S/C11H9Cl2N3O3S/c12-7-3-1-5-9(10(7)13)20(18,19)16-15-11(17)8-4-2-6-14-8/h1-6,14,16H,(H,15,17). The van der Waals surface area contributed by atoms with Gasteiger partial charge in [0.1, 0.15) is 10.6 Å². The maximum Gasteiger partial charge on any atom is 0.282 e. The molecule has 0 saturated heterocycles. The molecule has 1 aromatic heterocycles. The molecule has 20 heavy (non-hydrogen) atoms. The Morgan fingerprint density at radius 2 is 1.90 bits per heavy atom. The lowest BCUT2D eigenvalue weighted by molar-refractivity contribution is 0.0940. The Balaban J connectivity index is 2.16. The van der Waals surface area contributed by atoms with Crippen LogP contribution in [-0.4, -0.2) is 19.3 Å². The predicted molar refractivity (Wildman–Crippen MR) is 75.0 cm³/mol. The lowest BCUT2D eigenvalue weighted by Gasteiger charge is -2.09. The zero-order valence-electron chi connectivity index (χ0n) is 9.85. The molecule has 0 unspecified atom stereocenters. The fraction of sp³-hybridized carbons (Fsp3) is 0. The van der Waals surface area contributed by atoms with Gasteiger partial charge in [-0.2, -0.15) is 0 Å². The molecule has 106 valence electrons. The number of hydrazine groups is 1. The number of carbonyl (C=O) groups is 1. The highest BCUT2D eigenvalue weighted by Crippen LogP contribution is 2.28. The Bertz CT molecular complexity index is 729. The number of benzene rings is 1. The van der Waals surface area contributed by atoms with E-state index in [4.69, 9.17) is 23.2 Å². The monoisotopic (exact) mass is 333 g/mol. The van der Waals surface area contributed by atoms with Gasteiger partial charge in [-0.15, -0.1) is 4.83 Å². The Hall–Kier alpha value is -1.54. The number of aromatic amines is 1. The summed E-state index contributed by atoms with van der Waals surface area (Å²) in [4.78, 5) is 16.0. The van der Waals surface area contributed by atoms with Crippen LogP contribution >= 0.6 is 23.2 Å². The summed E-state index contributed by atoms with van der Waals surface area (Å²) in [6.45, 7) is 0. The van der Waals surface area contributed by atoms with Crippen molar-refractivity contribution in [2.24, 2.45) is 0 Å². The van der Waals surface area contributed by atoms with Crippen LogP contribution in [0, 0.1) is 0 Å². The van der Waals surface area contributed by atoms with Gasteiger partial charge in [0.15, 0.2) is 0 Å². The van der Waals surface area contributed by atoms with Crippen LogP contribution in [-0.2, 0) is 10.0 Å². The zero-order chi connectivity index (χ0) is 14.8. The maximum absolute atomic E-state index is 12.0. The SMILES string of the molecule is O=C(NNS(=O)(=O)c1cccc(Cl)c1Cl)c1ccc[nH]1. The number of hydrogen-bond donors (Lipinski definition) is 3. The summed E-state index contributed by atoms with van der Waals surface area (Å²) >= 11 is 11.6. The van der Waals surface area contributed by atoms with Gasteiger partial charge in [-0.3, -0.25) is 10.2 Å². The van der Waals surface area contributed by atoms with E-state index in [-0.39, 0.29) is 20.6 Å². The van der Waals surface area contributed by atoms with Crippen LogP contribution in [0.15, 0.2) is 41.4 Å². The van der Waals surface area contributed by atoms with Crippen molar-refractivity contribution in [2.45, 2.75) is 4.90 Å². The van der Waals surface area contributed by atoms with Crippen LogP contribution < -0.4 is 10.3 Å². The molecule has 2 rings (SSSR count). The number of H-pyrrole nitrogens is 1. The van der Waals surface area contributed by atoms with E-state index in [1.165, 1.54) is 30.5 Å². The van der Waals surface area contributed by atoms with Gasteiger partial charge in [-0.05, 0) is 24.3 Å². The zero-order valence-corrected chi connectivity index (χ0v) is 12.2. The predicted octanol–water partition coefficient (Wildman–Crippen LogP) is 1.94. The number of nitrogens with one attached hydrogen (secondary N) is 3. The van der Waals surface area contributed by atoms with Crippen LogP contribution in [0.5, 0.6) is 0 Å². The number of hydrogen-bond acceptors (Lipinski definition) is 3. The minimum absolute atomic E-state index is 0.102. The second kappa shape index (κ2) is 5.84. The van der Waals surface area contributed by atoms with Crippen LogP contribution in [0.25, 0.3) is 0 Å². The topological polar surface area (TPSA) is 91.1 Å². The van der Waals surface area contributed by atoms with Gasteiger partial charge in [0.05, 0.1) is 10.0 Å². The molecule has 0 radical (unpaired) electrons. The Morgan fingerprint density at radius 1 is 1.15 bits per heavy atom. The van der Waals surface area contributed by atoms with E-state index in [2.05, 4.69) is 10.4 Å². The molecule has 6 nitrogen and oxygen atoms in total. The average molecular weight is 334 g/mol. The molecule has 0 spiro atoms. The van der Waals surface area contributed by atoms with Crippen molar-refractivity contribution >= 4 is 39.1 Å². The molecule has 0 bridgehead atoms. The van der Waals surface area contributed by atoms with Gasteiger partial charge in [0, 0.05) is 6.20 Å². The van der Waals surface area contributed by atoms with E-state index in [0.717, 1.165) is 0 Å². The summed E-state index contributed by atoms with van der Waals surface area (Å²) in [7, 11) is -4.01. The molecule has 1 heterocycles. The first kappa shape index (κ1) is 14.9. The van der Waals surface area contributed by atoms with Crippen LogP contribution in [0.3, 0.4) is 0 Å². The fourth-order valence-corrected chi connectivity index (χ4v) is 3.00. The summed E-state index contributed by atoms with van der Waals surface area (Å²) < 4.78 is 24.0. The van der Waals surface area contributed by atoms with E-state index in [9.17, 15) is 13.2 Å². The van der Waals surface area contributed by atoms with Crippen molar-refractivity contribution in [3.63, 3.8) is 0 Å². The summed E-state index contributed by atoms with van der Waals surface area (Å²) in [6.07, 6.45) is 1.54. The fourth-order valence-electron chi connectivity index (χ4n) is 1.40. The van der Waals surface area contributed by atoms with Crippen molar-refractivity contribution in [1.29, 1.82) is 0 Å². The quantitative estimate of drug-likeness (QED) is 0.747. The van der Waals surface area contributed by atoms with Gasteiger partial charge in [-0.25, -0.2) is 8.42 Å². The van der Waals surface area contributed by atoms with E-state index in [1.807, 2.05) is 4.83 Å². The number of halogens is 2. The first-order valence-electron chi connectivity index (χ1n) is 5.31. The molecule has 0 fully saturated rings. The number of sulfonamides is 1. The molecule has 0 aliphatic carbocycles. The Morgan fingerprint density at radius 3 is 2.55 bits per heavy atom. The van der Waals surface area contributed by atoms with Crippen molar-refractivity contribution in [2.75, 3.05) is 0 Å². The van der Waals surface area contributed by atoms with E-state index in [0.29, 0.717) is 0 Å². The van der Waals surface area contributed by atoms with Crippen LogP contribution in [0.4, 0.5) is 0 Å². The van der Waals surface area contributed by atoms with Gasteiger partial charge >= 0.3 is 0 Å². The molecule has 1 aromatic carbocycles. The highest BCUT2D eigenvalue weighted by atomic mass is 35.5. The van der Waals surface area contributed by atoms with E-state index < -0.39 is 15.9 Å². The van der Waals surface area contributed by atoms with Gasteiger partial charge in [0.2, 0.25) is 0 Å². The molecule has 0 aliphatic rings. The summed E-state index contributed by atoms with van der Waals surface area (Å²) in [6, 6.07) is 7.28. The molecule has 1 amide bonds. The number of carbonyl (C=O) groups excluding carboxylic acids is 1. The third-order valence-electron chi connectivity index (χ3n) is 2.35. The maximum atomic E-state index is 12.0. The molecule has 0 atom stereocenters. The molecule has 9 heteroatoms. The van der Waals surface area contributed by atoms with E-state index >= 15 is 0 Å². The van der Waals surface area contributed by atoms with Gasteiger partial charge in [-0.1, -0.05) is 29.3 Å². The average Bonchev–Trinajstić information content (AvgIpc) is 2.93. The third-order valence-corrected chi connectivity index (χ3v) is 4.57. The van der Waals surface area contributed by atoms with Crippen molar-refractivity contribution in [1.82, 2.24) is 15.2 Å². The second-order valence-corrected chi connectivity index (χ2v) is 6.13. The molecular formula is C11H9Cl2N3O3S. The minimum Gasteiger partial charge on any atom is -0.357 e.